The van der Waals surface area contributed by atoms with Crippen molar-refractivity contribution in [3.63, 3.8) is 0 Å². The van der Waals surface area contributed by atoms with Crippen LogP contribution in [0.1, 0.15) is 124 Å². The Morgan fingerprint density at radius 3 is 1.43 bits per heavy atom. The van der Waals surface area contributed by atoms with E-state index in [0.29, 0.717) is 6.61 Å². The van der Waals surface area contributed by atoms with Crippen molar-refractivity contribution in [1.82, 2.24) is 0 Å². The van der Waals surface area contributed by atoms with Gasteiger partial charge in [0.05, 0.1) is 12.7 Å². The maximum absolute atomic E-state index is 8.64. The van der Waals surface area contributed by atoms with E-state index in [4.69, 9.17) is 19.7 Å². The van der Waals surface area contributed by atoms with E-state index in [2.05, 4.69) is 6.92 Å². The summed E-state index contributed by atoms with van der Waals surface area (Å²) in [6.45, 7) is 6.76. The average Bonchev–Trinajstić information content (AvgIpc) is 3.22. The summed E-state index contributed by atoms with van der Waals surface area (Å²) < 4.78 is 10.1. The fourth-order valence-corrected chi connectivity index (χ4v) is 3.29. The number of unbranched alkanes of at least 4 members (excludes halogenated alkanes) is 13. The van der Waals surface area contributed by atoms with E-state index in [1.165, 1.54) is 83.5 Å². The molecule has 1 aliphatic rings. The van der Waals surface area contributed by atoms with Crippen molar-refractivity contribution in [2.45, 2.75) is 136 Å². The number of aliphatic hydroxyl groups excluding tert-OH is 2. The molecule has 2 atom stereocenters. The van der Waals surface area contributed by atoms with E-state index in [9.17, 15) is 0 Å². The van der Waals surface area contributed by atoms with Gasteiger partial charge in [0.2, 0.25) is 0 Å². The first-order chi connectivity index (χ1) is 13.8. The molecule has 1 aliphatic heterocycles. The topological polar surface area (TPSA) is 58.9 Å². The Labute approximate surface area is 176 Å². The normalized spacial score (nSPS) is 18.2. The van der Waals surface area contributed by atoms with Crippen LogP contribution in [0.3, 0.4) is 0 Å². The highest BCUT2D eigenvalue weighted by molar-refractivity contribution is 4.66. The van der Waals surface area contributed by atoms with Crippen LogP contribution in [0.5, 0.6) is 0 Å². The molecule has 1 fully saturated rings. The SMILES string of the molecule is CC.CCCCCCCCCCCCCCCCO.COC1CCC(CO)O1. The predicted molar refractivity (Wildman–Crippen MR) is 121 cm³/mol. The number of hydrogen-bond acceptors (Lipinski definition) is 4. The highest BCUT2D eigenvalue weighted by Crippen LogP contribution is 2.18. The van der Waals surface area contributed by atoms with Gasteiger partial charge in [0.25, 0.3) is 0 Å². The molecule has 4 heteroatoms. The molecule has 1 rings (SSSR count). The maximum atomic E-state index is 8.64. The monoisotopic (exact) mass is 404 g/mol. The minimum atomic E-state index is -0.0813. The second kappa shape index (κ2) is 26.8. The van der Waals surface area contributed by atoms with Crippen LogP contribution in [-0.4, -0.2) is 42.9 Å². The molecule has 0 saturated carbocycles. The lowest BCUT2D eigenvalue weighted by Gasteiger charge is -2.08. The average molecular weight is 405 g/mol. The highest BCUT2D eigenvalue weighted by Gasteiger charge is 2.23. The summed E-state index contributed by atoms with van der Waals surface area (Å²) in [6, 6.07) is 0. The van der Waals surface area contributed by atoms with Crippen LogP contribution in [0.25, 0.3) is 0 Å². The zero-order valence-electron chi connectivity index (χ0n) is 19.6. The first kappa shape index (κ1) is 30.0. The quantitative estimate of drug-likeness (QED) is 0.284. The fourth-order valence-electron chi connectivity index (χ4n) is 3.29. The van der Waals surface area contributed by atoms with Crippen molar-refractivity contribution >= 4 is 0 Å². The Balaban J connectivity index is 0. The Hall–Kier alpha value is -0.160. The van der Waals surface area contributed by atoms with Crippen LogP contribution in [0.15, 0.2) is 0 Å². The third-order valence-electron chi connectivity index (χ3n) is 5.05. The molecule has 1 saturated heterocycles. The van der Waals surface area contributed by atoms with Gasteiger partial charge in [0, 0.05) is 20.1 Å². The summed E-state index contributed by atoms with van der Waals surface area (Å²) in [6.07, 6.45) is 20.9. The number of methoxy groups -OCH3 is 1. The Morgan fingerprint density at radius 2 is 1.14 bits per heavy atom. The molecule has 0 radical (unpaired) electrons. The lowest BCUT2D eigenvalue weighted by molar-refractivity contribution is -0.122. The molecule has 0 bridgehead atoms. The number of ether oxygens (including phenoxy) is 2. The summed E-state index contributed by atoms with van der Waals surface area (Å²) >= 11 is 0. The molecular formula is C24H52O4. The van der Waals surface area contributed by atoms with Crippen molar-refractivity contribution in [2.75, 3.05) is 20.3 Å². The van der Waals surface area contributed by atoms with Gasteiger partial charge in [0.15, 0.2) is 6.29 Å². The van der Waals surface area contributed by atoms with E-state index in [1.807, 2.05) is 13.8 Å². The first-order valence-electron chi connectivity index (χ1n) is 12.2. The van der Waals surface area contributed by atoms with Crippen LogP contribution in [0.2, 0.25) is 0 Å². The second-order valence-electron chi connectivity index (χ2n) is 7.50. The van der Waals surface area contributed by atoms with Crippen molar-refractivity contribution in [3.05, 3.63) is 0 Å². The number of aliphatic hydroxyl groups is 2. The van der Waals surface area contributed by atoms with Crippen LogP contribution in [0.4, 0.5) is 0 Å². The van der Waals surface area contributed by atoms with Gasteiger partial charge in [-0.1, -0.05) is 104 Å². The molecular weight excluding hydrogens is 352 g/mol. The Kier molecular flexibility index (Phi) is 28.8. The van der Waals surface area contributed by atoms with Crippen LogP contribution < -0.4 is 0 Å². The molecule has 2 unspecified atom stereocenters. The minimum Gasteiger partial charge on any atom is -0.396 e. The molecule has 28 heavy (non-hydrogen) atoms. The van der Waals surface area contributed by atoms with Crippen LogP contribution >= 0.6 is 0 Å². The highest BCUT2D eigenvalue weighted by atomic mass is 16.7. The summed E-state index contributed by atoms with van der Waals surface area (Å²) in [5.41, 5.74) is 0. The lowest BCUT2D eigenvalue weighted by Crippen LogP contribution is -2.15. The van der Waals surface area contributed by atoms with Crippen LogP contribution in [-0.2, 0) is 9.47 Å². The van der Waals surface area contributed by atoms with Crippen LogP contribution in [0, 0.1) is 0 Å². The maximum Gasteiger partial charge on any atom is 0.157 e. The Bertz CT molecular complexity index is 237. The van der Waals surface area contributed by atoms with E-state index in [-0.39, 0.29) is 19.0 Å². The zero-order chi connectivity index (χ0) is 21.3. The molecule has 0 aromatic heterocycles. The molecule has 0 spiro atoms. The van der Waals surface area contributed by atoms with Gasteiger partial charge in [-0.15, -0.1) is 0 Å². The summed E-state index contributed by atoms with van der Waals surface area (Å²) in [5.74, 6) is 0. The molecule has 0 aromatic carbocycles. The van der Waals surface area contributed by atoms with Crippen molar-refractivity contribution in [1.29, 1.82) is 0 Å². The molecule has 2 N–H and O–H groups in total. The van der Waals surface area contributed by atoms with E-state index in [1.54, 1.807) is 7.11 Å². The standard InChI is InChI=1S/C16H34O.C6H12O3.C2H6/c1-2-3-4-5-6-7-8-9-10-11-12-13-14-15-16-17;1-8-6-3-2-5(4-7)9-6;1-2/h17H,2-16H2,1H3;5-7H,2-4H2,1H3;1-2H3. The number of rotatable bonds is 16. The molecule has 0 amide bonds. The molecule has 0 aliphatic carbocycles. The van der Waals surface area contributed by atoms with Gasteiger partial charge >= 0.3 is 0 Å². The summed E-state index contributed by atoms with van der Waals surface area (Å²) in [7, 11) is 1.62. The molecule has 1 heterocycles. The zero-order valence-corrected chi connectivity index (χ0v) is 19.6. The van der Waals surface area contributed by atoms with Gasteiger partial charge in [-0.3, -0.25) is 0 Å². The van der Waals surface area contributed by atoms with E-state index >= 15 is 0 Å². The first-order valence-corrected chi connectivity index (χ1v) is 12.2. The summed E-state index contributed by atoms with van der Waals surface area (Å²) in [5, 5.41) is 17.2. The predicted octanol–water partition coefficient (Wildman–Crippen LogP) is 6.62. The minimum absolute atomic E-state index is 0.00921. The molecule has 0 aromatic rings. The van der Waals surface area contributed by atoms with Crippen molar-refractivity contribution in [3.8, 4) is 0 Å². The van der Waals surface area contributed by atoms with Crippen molar-refractivity contribution in [2.24, 2.45) is 0 Å². The Morgan fingerprint density at radius 1 is 0.714 bits per heavy atom. The van der Waals surface area contributed by atoms with Gasteiger partial charge < -0.3 is 19.7 Å². The smallest absolute Gasteiger partial charge is 0.157 e. The molecule has 172 valence electrons. The van der Waals surface area contributed by atoms with Gasteiger partial charge in [-0.05, 0) is 12.8 Å². The third kappa shape index (κ3) is 22.1. The van der Waals surface area contributed by atoms with Gasteiger partial charge in [-0.2, -0.15) is 0 Å². The largest absolute Gasteiger partial charge is 0.396 e. The van der Waals surface area contributed by atoms with Gasteiger partial charge in [-0.25, -0.2) is 0 Å². The third-order valence-corrected chi connectivity index (χ3v) is 5.05. The van der Waals surface area contributed by atoms with E-state index in [0.717, 1.165) is 19.3 Å². The van der Waals surface area contributed by atoms with Crippen molar-refractivity contribution < 1.29 is 19.7 Å². The van der Waals surface area contributed by atoms with E-state index < -0.39 is 0 Å². The van der Waals surface area contributed by atoms with Gasteiger partial charge in [0.1, 0.15) is 0 Å². The summed E-state index contributed by atoms with van der Waals surface area (Å²) in [4.78, 5) is 0. The molecule has 4 nitrogen and oxygen atoms in total. The second-order valence-corrected chi connectivity index (χ2v) is 7.50. The fraction of sp³-hybridized carbons (Fsp3) is 1.00. The number of hydrogen-bond donors (Lipinski definition) is 2. The lowest BCUT2D eigenvalue weighted by atomic mass is 10.0.